The van der Waals surface area contributed by atoms with Gasteiger partial charge >= 0.3 is 0 Å². The van der Waals surface area contributed by atoms with E-state index >= 15 is 0 Å². The van der Waals surface area contributed by atoms with Crippen LogP contribution in [-0.4, -0.2) is 14.5 Å². The van der Waals surface area contributed by atoms with Gasteiger partial charge in [-0.25, -0.2) is 9.97 Å². The molecule has 5 heteroatoms. The molecule has 0 amide bonds. The Morgan fingerprint density at radius 1 is 0.500 bits per heavy atom. The van der Waals surface area contributed by atoms with Crippen molar-refractivity contribution < 1.29 is 0 Å². The van der Waals surface area contributed by atoms with Gasteiger partial charge in [0.1, 0.15) is 0 Å². The second-order valence-electron chi connectivity index (χ2n) is 15.9. The van der Waals surface area contributed by atoms with Gasteiger partial charge in [0.05, 0.1) is 22.6 Å². The van der Waals surface area contributed by atoms with Gasteiger partial charge in [-0.05, 0) is 100 Å². The molecule has 0 unspecified atom stereocenters. The summed E-state index contributed by atoms with van der Waals surface area (Å²) in [7, 11) is 0. The van der Waals surface area contributed by atoms with E-state index in [0.29, 0.717) is 5.82 Å². The predicted molar refractivity (Wildman–Crippen MR) is 253 cm³/mol. The highest BCUT2D eigenvalue weighted by molar-refractivity contribution is 8.05. The van der Waals surface area contributed by atoms with Crippen LogP contribution in [0.15, 0.2) is 197 Å². The smallest absolute Gasteiger partial charge is 0.160 e. The van der Waals surface area contributed by atoms with E-state index in [-0.39, 0.29) is 5.41 Å². The van der Waals surface area contributed by atoms with Crippen molar-refractivity contribution in [3.63, 3.8) is 0 Å². The summed E-state index contributed by atoms with van der Waals surface area (Å²) < 4.78 is 2.29. The minimum absolute atomic E-state index is 0.0942. The third kappa shape index (κ3) is 5.91. The maximum Gasteiger partial charge on any atom is 0.160 e. The number of nitrogens with zero attached hydrogens (tertiary/aromatic N) is 3. The Morgan fingerprint density at radius 3 is 1.83 bits per heavy atom. The number of aromatic nitrogens is 3. The molecule has 11 rings (SSSR count). The van der Waals surface area contributed by atoms with E-state index in [1.165, 1.54) is 53.0 Å². The van der Waals surface area contributed by atoms with Crippen LogP contribution < -0.4 is 0 Å². The molecule has 0 saturated carbocycles. The SMILES string of the molecule is C=Cc1c(C=C)n(-c2cccc(-c3cc(-c4ccccc4)nc(-c4ccccc4)n3)c2)c2ccc(-c3ccc4c(c3)-c3cc5c(cc3C4(C)C)Sc3ccccc3S5)cc12. The molecule has 0 N–H and O–H groups in total. The Balaban J connectivity index is 1.00. The normalized spacial score (nSPS) is 13.3. The minimum Gasteiger partial charge on any atom is -0.309 e. The van der Waals surface area contributed by atoms with Crippen LogP contribution >= 0.6 is 23.5 Å². The molecule has 2 aliphatic rings. The summed E-state index contributed by atoms with van der Waals surface area (Å²) in [6.07, 6.45) is 3.91. The second-order valence-corrected chi connectivity index (χ2v) is 18.1. The zero-order chi connectivity index (χ0) is 40.5. The third-order valence-corrected chi connectivity index (χ3v) is 14.6. The van der Waals surface area contributed by atoms with E-state index in [1.54, 1.807) is 0 Å². The zero-order valence-corrected chi connectivity index (χ0v) is 34.9. The van der Waals surface area contributed by atoms with Crippen molar-refractivity contribution in [2.24, 2.45) is 0 Å². The molecule has 3 heterocycles. The zero-order valence-electron chi connectivity index (χ0n) is 33.3. The summed E-state index contributed by atoms with van der Waals surface area (Å²) in [4.78, 5) is 15.5. The Kier molecular flexibility index (Phi) is 8.66. The van der Waals surface area contributed by atoms with Crippen LogP contribution in [-0.2, 0) is 5.41 Å². The van der Waals surface area contributed by atoms with Crippen molar-refractivity contribution in [2.45, 2.75) is 38.8 Å². The van der Waals surface area contributed by atoms with Crippen LogP contribution in [0.2, 0.25) is 0 Å². The van der Waals surface area contributed by atoms with Gasteiger partial charge in [-0.2, -0.15) is 0 Å². The van der Waals surface area contributed by atoms with E-state index in [0.717, 1.165) is 55.9 Å². The van der Waals surface area contributed by atoms with Crippen molar-refractivity contribution >= 4 is 46.6 Å². The molecule has 286 valence electrons. The lowest BCUT2D eigenvalue weighted by Gasteiger charge is -2.24. The van der Waals surface area contributed by atoms with E-state index in [9.17, 15) is 0 Å². The van der Waals surface area contributed by atoms with Crippen molar-refractivity contribution in [2.75, 3.05) is 0 Å². The summed E-state index contributed by atoms with van der Waals surface area (Å²) >= 11 is 3.78. The molecule has 0 radical (unpaired) electrons. The second kappa shape index (κ2) is 14.3. The third-order valence-electron chi connectivity index (χ3n) is 12.0. The number of hydrogen-bond donors (Lipinski definition) is 0. The van der Waals surface area contributed by atoms with Crippen LogP contribution in [0.4, 0.5) is 0 Å². The topological polar surface area (TPSA) is 30.7 Å². The van der Waals surface area contributed by atoms with E-state index in [2.05, 4.69) is 159 Å². The van der Waals surface area contributed by atoms with Gasteiger partial charge < -0.3 is 4.57 Å². The van der Waals surface area contributed by atoms with Crippen LogP contribution in [0.5, 0.6) is 0 Å². The lowest BCUT2D eigenvalue weighted by atomic mass is 9.82. The van der Waals surface area contributed by atoms with Crippen LogP contribution in [0, 0.1) is 0 Å². The van der Waals surface area contributed by atoms with Crippen molar-refractivity contribution in [1.29, 1.82) is 0 Å². The van der Waals surface area contributed by atoms with Crippen molar-refractivity contribution in [3.05, 3.63) is 199 Å². The molecule has 60 heavy (non-hydrogen) atoms. The van der Waals surface area contributed by atoms with E-state index in [1.807, 2.05) is 72.1 Å². The molecule has 0 bridgehead atoms. The number of fused-ring (bicyclic) bond motifs is 6. The summed E-state index contributed by atoms with van der Waals surface area (Å²) in [6, 6.07) is 58.7. The first-order valence-electron chi connectivity index (χ1n) is 20.2. The molecule has 0 atom stereocenters. The molecule has 1 aliphatic carbocycles. The average molecular weight is 806 g/mol. The molecule has 3 nitrogen and oxygen atoms in total. The highest BCUT2D eigenvalue weighted by atomic mass is 32.2. The Morgan fingerprint density at radius 2 is 1.12 bits per heavy atom. The maximum atomic E-state index is 5.12. The molecule has 0 fully saturated rings. The average Bonchev–Trinajstić information content (AvgIpc) is 3.74. The lowest BCUT2D eigenvalue weighted by molar-refractivity contribution is 0.657. The highest BCUT2D eigenvalue weighted by Crippen LogP contribution is 2.56. The molecule has 0 saturated heterocycles. The van der Waals surface area contributed by atoms with Crippen molar-refractivity contribution in [1.82, 2.24) is 14.5 Å². The fourth-order valence-electron chi connectivity index (χ4n) is 9.03. The van der Waals surface area contributed by atoms with Crippen LogP contribution in [0.1, 0.15) is 36.2 Å². The lowest BCUT2D eigenvalue weighted by Crippen LogP contribution is -2.15. The van der Waals surface area contributed by atoms with Gasteiger partial charge in [0.15, 0.2) is 5.82 Å². The van der Waals surface area contributed by atoms with Gasteiger partial charge in [0.25, 0.3) is 0 Å². The Hall–Kier alpha value is -6.66. The molecular formula is C55H39N3S2. The van der Waals surface area contributed by atoms with Gasteiger partial charge in [-0.15, -0.1) is 0 Å². The first kappa shape index (κ1) is 36.4. The van der Waals surface area contributed by atoms with Crippen LogP contribution in [0.3, 0.4) is 0 Å². The molecule has 2 aromatic heterocycles. The molecule has 1 aliphatic heterocycles. The Bertz CT molecular complexity index is 3160. The maximum absolute atomic E-state index is 5.12. The molecule has 7 aromatic carbocycles. The van der Waals surface area contributed by atoms with Gasteiger partial charge in [0.2, 0.25) is 0 Å². The number of hydrogen-bond acceptors (Lipinski definition) is 4. The van der Waals surface area contributed by atoms with Gasteiger partial charge in [-0.1, -0.05) is 160 Å². The number of rotatable bonds is 7. The van der Waals surface area contributed by atoms with E-state index in [4.69, 9.17) is 9.97 Å². The first-order chi connectivity index (χ1) is 29.4. The number of benzene rings is 7. The summed E-state index contributed by atoms with van der Waals surface area (Å²) in [5, 5.41) is 1.13. The van der Waals surface area contributed by atoms with Crippen LogP contribution in [0.25, 0.3) is 84.9 Å². The summed E-state index contributed by atoms with van der Waals surface area (Å²) in [5.74, 6) is 0.693. The predicted octanol–water partition coefficient (Wildman–Crippen LogP) is 15.3. The summed E-state index contributed by atoms with van der Waals surface area (Å²) in [6.45, 7) is 13.3. The Labute approximate surface area is 359 Å². The van der Waals surface area contributed by atoms with Gasteiger partial charge in [-0.3, -0.25) is 0 Å². The minimum atomic E-state index is -0.0942. The van der Waals surface area contributed by atoms with Gasteiger partial charge in [0, 0.05) is 58.3 Å². The molecular weight excluding hydrogens is 767 g/mol. The summed E-state index contributed by atoms with van der Waals surface area (Å²) in [5.41, 5.74) is 16.6. The quantitative estimate of drug-likeness (QED) is 0.161. The fraction of sp³-hybridized carbons (Fsp3) is 0.0545. The van der Waals surface area contributed by atoms with Crippen molar-refractivity contribution in [3.8, 4) is 61.8 Å². The molecule has 9 aromatic rings. The standard InChI is InChI=1S/C55H39N3S2/c1-5-40-43-30-37(36-24-26-44-41(29-36)42-31-52-53(32-45(42)55(44,3)4)60-51-23-14-13-22-50(51)59-52)25-27-49(43)58(48(40)6-2)39-21-15-20-38(28-39)47-33-46(34-16-9-7-10-17-34)56-54(57-47)35-18-11-8-12-19-35/h5-33H,1-2H2,3-4H3. The highest BCUT2D eigenvalue weighted by Gasteiger charge is 2.37. The monoisotopic (exact) mass is 805 g/mol. The largest absolute Gasteiger partial charge is 0.309 e. The molecule has 0 spiro atoms. The van der Waals surface area contributed by atoms with E-state index < -0.39 is 0 Å². The fourth-order valence-corrected chi connectivity index (χ4v) is 11.3. The first-order valence-corrected chi connectivity index (χ1v) is 21.8.